The average Bonchev–Trinajstić information content (AvgIpc) is 2.91. The molecule has 0 aliphatic rings. The fourth-order valence-electron chi connectivity index (χ4n) is 1.24. The highest BCUT2D eigenvalue weighted by molar-refractivity contribution is 7.72. The molecule has 2 heterocycles. The van der Waals surface area contributed by atoms with Gasteiger partial charge in [0.25, 0.3) is 0 Å². The summed E-state index contributed by atoms with van der Waals surface area (Å²) in [5, 5.41) is 0. The van der Waals surface area contributed by atoms with Gasteiger partial charge in [-0.05, 0) is 0 Å². The first-order chi connectivity index (χ1) is 7.92. The molecule has 2 aromatic rings. The minimum absolute atomic E-state index is 0. The van der Waals surface area contributed by atoms with Crippen LogP contribution >= 0.6 is 15.0 Å². The van der Waals surface area contributed by atoms with E-state index < -0.39 is 20.9 Å². The van der Waals surface area contributed by atoms with Gasteiger partial charge in [0.1, 0.15) is 15.0 Å². The number of imidazole rings is 2. The van der Waals surface area contributed by atoms with Gasteiger partial charge in [0.15, 0.2) is 0 Å². The van der Waals surface area contributed by atoms with E-state index in [1.54, 1.807) is 0 Å². The third kappa shape index (κ3) is 2.97. The maximum absolute atomic E-state index is 11.7. The number of nitrogens with zero attached hydrogens (tertiary/aromatic N) is 4. The SMILES string of the molecule is C.O=P([O-])(CP(=O)([O-])n1ccnc1)n1ccnc1. The third-order valence-corrected chi connectivity index (χ3v) is 6.78. The van der Waals surface area contributed by atoms with Crippen LogP contribution in [0.15, 0.2) is 37.4 Å². The van der Waals surface area contributed by atoms with Crippen LogP contribution in [0.4, 0.5) is 0 Å². The molecule has 0 spiro atoms. The highest BCUT2D eigenvalue weighted by Crippen LogP contribution is 2.52. The zero-order valence-electron chi connectivity index (χ0n) is 8.49. The van der Waals surface area contributed by atoms with E-state index in [9.17, 15) is 18.9 Å². The van der Waals surface area contributed by atoms with Gasteiger partial charge in [0.05, 0.1) is 18.6 Å². The van der Waals surface area contributed by atoms with E-state index in [4.69, 9.17) is 0 Å². The first-order valence-electron chi connectivity index (χ1n) is 4.50. The van der Waals surface area contributed by atoms with E-state index in [1.807, 2.05) is 0 Å². The van der Waals surface area contributed by atoms with Crippen molar-refractivity contribution in [3.8, 4) is 0 Å². The molecule has 0 radical (unpaired) electrons. The Bertz CT molecular complexity index is 528. The highest BCUT2D eigenvalue weighted by Gasteiger charge is 2.20. The Labute approximate surface area is 104 Å². The second kappa shape index (κ2) is 5.20. The fraction of sp³-hybridized carbons (Fsp3) is 0.250. The van der Waals surface area contributed by atoms with Crippen molar-refractivity contribution in [2.45, 2.75) is 7.43 Å². The lowest BCUT2D eigenvalue weighted by atomic mass is 11.0. The van der Waals surface area contributed by atoms with Crippen LogP contribution < -0.4 is 9.79 Å². The Hall–Kier alpha value is -1.20. The zero-order valence-corrected chi connectivity index (χ0v) is 10.3. The van der Waals surface area contributed by atoms with Gasteiger partial charge >= 0.3 is 0 Å². The number of hydrogen-bond donors (Lipinski definition) is 0. The summed E-state index contributed by atoms with van der Waals surface area (Å²) in [5.74, 6) is -0.993. The van der Waals surface area contributed by atoms with E-state index in [-0.39, 0.29) is 7.43 Å². The lowest BCUT2D eigenvalue weighted by Crippen LogP contribution is -2.19. The summed E-state index contributed by atoms with van der Waals surface area (Å²) in [7, 11) is -8.56. The monoisotopic (exact) mass is 290 g/mol. The molecule has 0 amide bonds. The second-order valence-electron chi connectivity index (χ2n) is 3.30. The molecule has 2 aromatic heterocycles. The summed E-state index contributed by atoms with van der Waals surface area (Å²) in [6.07, 6.45) is 6.97. The van der Waals surface area contributed by atoms with E-state index in [1.165, 1.54) is 24.8 Å². The van der Waals surface area contributed by atoms with Crippen molar-refractivity contribution in [1.29, 1.82) is 0 Å². The van der Waals surface area contributed by atoms with E-state index in [2.05, 4.69) is 9.97 Å². The Balaban J connectivity index is 0.00000162. The molecular formula is C8H12N4O4P2-2. The van der Waals surface area contributed by atoms with Crippen LogP contribution in [0.5, 0.6) is 0 Å². The topological polar surface area (TPSA) is 116 Å². The van der Waals surface area contributed by atoms with Gasteiger partial charge in [-0.25, -0.2) is 9.97 Å². The Morgan fingerprint density at radius 2 is 1.33 bits per heavy atom. The molecule has 10 heteroatoms. The van der Waals surface area contributed by atoms with Gasteiger partial charge in [0.2, 0.25) is 0 Å². The lowest BCUT2D eigenvalue weighted by Gasteiger charge is -2.32. The number of aromatic nitrogens is 4. The minimum atomic E-state index is -4.28. The molecule has 0 aliphatic carbocycles. The number of hydrogen-bond acceptors (Lipinski definition) is 6. The molecule has 100 valence electrons. The fourth-order valence-corrected chi connectivity index (χ4v) is 5.17. The minimum Gasteiger partial charge on any atom is -0.783 e. The summed E-state index contributed by atoms with van der Waals surface area (Å²) in [4.78, 5) is 30.6. The maximum Gasteiger partial charge on any atom is 0.116 e. The first-order valence-corrected chi connectivity index (χ1v) is 8.02. The Morgan fingerprint density at radius 1 is 0.944 bits per heavy atom. The van der Waals surface area contributed by atoms with Crippen molar-refractivity contribution in [3.05, 3.63) is 37.4 Å². The van der Waals surface area contributed by atoms with E-state index in [0.29, 0.717) is 0 Å². The summed E-state index contributed by atoms with van der Waals surface area (Å²) >= 11 is 0. The van der Waals surface area contributed by atoms with Gasteiger partial charge in [0, 0.05) is 24.8 Å². The van der Waals surface area contributed by atoms with Gasteiger partial charge in [-0.15, -0.1) is 0 Å². The van der Waals surface area contributed by atoms with Crippen molar-refractivity contribution in [2.24, 2.45) is 0 Å². The molecule has 0 aromatic carbocycles. The Morgan fingerprint density at radius 3 is 1.61 bits per heavy atom. The van der Waals surface area contributed by atoms with Crippen molar-refractivity contribution < 1.29 is 18.9 Å². The van der Waals surface area contributed by atoms with Crippen molar-refractivity contribution in [2.75, 3.05) is 5.90 Å². The molecule has 8 nitrogen and oxygen atoms in total. The van der Waals surface area contributed by atoms with Crippen molar-refractivity contribution in [1.82, 2.24) is 18.6 Å². The van der Waals surface area contributed by atoms with Gasteiger partial charge in [-0.2, -0.15) is 0 Å². The predicted octanol–water partition coefficient (Wildman–Crippen LogP) is 0.176. The quantitative estimate of drug-likeness (QED) is 0.741. The van der Waals surface area contributed by atoms with Gasteiger partial charge in [-0.3, -0.25) is 8.68 Å². The Kier molecular flexibility index (Phi) is 4.29. The van der Waals surface area contributed by atoms with Crippen LogP contribution in [-0.2, 0) is 9.13 Å². The number of rotatable bonds is 4. The smallest absolute Gasteiger partial charge is 0.116 e. The van der Waals surface area contributed by atoms with E-state index in [0.717, 1.165) is 21.3 Å². The second-order valence-corrected chi connectivity index (χ2v) is 7.91. The van der Waals surface area contributed by atoms with E-state index >= 15 is 0 Å². The van der Waals surface area contributed by atoms with Crippen molar-refractivity contribution >= 4 is 15.0 Å². The molecule has 2 atom stereocenters. The largest absolute Gasteiger partial charge is 0.783 e. The summed E-state index contributed by atoms with van der Waals surface area (Å²) in [6.45, 7) is 0. The molecule has 2 unspecified atom stereocenters. The lowest BCUT2D eigenvalue weighted by molar-refractivity contribution is -0.185. The molecule has 0 aliphatic heterocycles. The summed E-state index contributed by atoms with van der Waals surface area (Å²) in [5.41, 5.74) is 0. The normalized spacial score (nSPS) is 17.4. The first kappa shape index (κ1) is 14.9. The van der Waals surface area contributed by atoms with Crippen LogP contribution in [0.2, 0.25) is 0 Å². The molecule has 0 saturated heterocycles. The highest BCUT2D eigenvalue weighted by atomic mass is 31.2. The molecule has 0 fully saturated rings. The molecule has 0 bridgehead atoms. The molecule has 0 N–H and O–H groups in total. The maximum atomic E-state index is 11.7. The standard InChI is InChI=1S/C7H10N4O4P2.CH4/c12-16(13,10-3-1-8-5-10)7-17(14,15)11-4-2-9-6-11;/h1-6H,7H2,(H,12,13)(H,14,15);1H4/p-2. The molecule has 18 heavy (non-hydrogen) atoms. The summed E-state index contributed by atoms with van der Waals surface area (Å²) in [6, 6.07) is 0. The van der Waals surface area contributed by atoms with Crippen LogP contribution in [0.1, 0.15) is 7.43 Å². The zero-order chi connectivity index (χ0) is 12.5. The van der Waals surface area contributed by atoms with Gasteiger partial charge in [-0.1, -0.05) is 7.43 Å². The summed E-state index contributed by atoms with van der Waals surface area (Å²) < 4.78 is 25.1. The van der Waals surface area contributed by atoms with Gasteiger partial charge < -0.3 is 18.9 Å². The molecule has 0 saturated carbocycles. The van der Waals surface area contributed by atoms with Crippen LogP contribution in [0.3, 0.4) is 0 Å². The van der Waals surface area contributed by atoms with Crippen LogP contribution in [0.25, 0.3) is 0 Å². The van der Waals surface area contributed by atoms with Crippen molar-refractivity contribution in [3.63, 3.8) is 0 Å². The average molecular weight is 290 g/mol. The molecular weight excluding hydrogens is 278 g/mol. The predicted molar refractivity (Wildman–Crippen MR) is 62.1 cm³/mol. The molecule has 2 rings (SSSR count). The van der Waals surface area contributed by atoms with Crippen LogP contribution in [-0.4, -0.2) is 24.5 Å². The third-order valence-electron chi connectivity index (χ3n) is 2.04. The van der Waals surface area contributed by atoms with Crippen LogP contribution in [0, 0.1) is 0 Å².